The summed E-state index contributed by atoms with van der Waals surface area (Å²) in [7, 11) is 1.40. The number of Topliss-reactive ketones (excluding diaryl/α,β-unsaturated/α-hetero) is 1. The van der Waals surface area contributed by atoms with Crippen LogP contribution in [0, 0.1) is 11.3 Å². The molecular formula is C20H17N3O4. The Bertz CT molecular complexity index is 1030. The molecule has 0 aliphatic rings. The smallest absolute Gasteiger partial charge is 0.344 e. The van der Waals surface area contributed by atoms with E-state index in [9.17, 15) is 9.59 Å². The molecule has 0 radical (unpaired) electrons. The summed E-state index contributed by atoms with van der Waals surface area (Å²) in [6.45, 7) is 0.0834. The number of aromatic nitrogens is 2. The monoisotopic (exact) mass is 363 g/mol. The maximum atomic E-state index is 12.6. The van der Waals surface area contributed by atoms with Gasteiger partial charge in [-0.1, -0.05) is 18.2 Å². The Labute approximate surface area is 155 Å². The maximum absolute atomic E-state index is 12.6. The fraction of sp³-hybridized carbons (Fsp3) is 0.200. The first-order valence-electron chi connectivity index (χ1n) is 8.30. The molecule has 27 heavy (non-hydrogen) atoms. The number of rotatable bonds is 7. The molecule has 0 fully saturated rings. The van der Waals surface area contributed by atoms with Gasteiger partial charge < -0.3 is 14.0 Å². The lowest BCUT2D eigenvalue weighted by Crippen LogP contribution is -2.15. The second-order valence-corrected chi connectivity index (χ2v) is 5.72. The summed E-state index contributed by atoms with van der Waals surface area (Å²) in [5.41, 5.74) is 1.47. The van der Waals surface area contributed by atoms with Crippen LogP contribution in [0.2, 0.25) is 0 Å². The summed E-state index contributed by atoms with van der Waals surface area (Å²) >= 11 is 0. The third-order valence-electron chi connectivity index (χ3n) is 4.07. The highest BCUT2D eigenvalue weighted by atomic mass is 16.5. The molecule has 2 aromatic heterocycles. The molecule has 0 N–H and O–H groups in total. The Balaban J connectivity index is 1.78. The van der Waals surface area contributed by atoms with Gasteiger partial charge in [-0.05, 0) is 18.2 Å². The number of aryl methyl sites for hydroxylation is 1. The van der Waals surface area contributed by atoms with Crippen LogP contribution < -0.4 is 4.74 Å². The van der Waals surface area contributed by atoms with Gasteiger partial charge in [0.25, 0.3) is 0 Å². The van der Waals surface area contributed by atoms with Crippen molar-refractivity contribution in [3.8, 4) is 11.9 Å². The van der Waals surface area contributed by atoms with Crippen molar-refractivity contribution in [1.82, 2.24) is 9.55 Å². The highest BCUT2D eigenvalue weighted by Crippen LogP contribution is 2.22. The van der Waals surface area contributed by atoms with Crippen molar-refractivity contribution in [3.63, 3.8) is 0 Å². The molecule has 136 valence electrons. The van der Waals surface area contributed by atoms with E-state index in [1.54, 1.807) is 12.3 Å². The number of ketones is 1. The standard InChI is InChI=1S/C20H17N3O4/c1-26-19-15(7-4-10-22-19)20(25)27-13-18(24)16-12-23(11-5-9-21)17-8-3-2-6-14(16)17/h2-4,6-8,10,12H,5,11,13H2,1H3. The first-order chi connectivity index (χ1) is 13.2. The predicted octanol–water partition coefficient (Wildman–Crippen LogP) is 3.00. The molecule has 3 aromatic rings. The van der Waals surface area contributed by atoms with E-state index in [4.69, 9.17) is 14.7 Å². The van der Waals surface area contributed by atoms with Crippen LogP contribution in [0.15, 0.2) is 48.8 Å². The van der Waals surface area contributed by atoms with Crippen molar-refractivity contribution in [3.05, 3.63) is 59.9 Å². The summed E-state index contributed by atoms with van der Waals surface area (Å²) in [5, 5.41) is 9.57. The zero-order chi connectivity index (χ0) is 19.2. The normalized spacial score (nSPS) is 10.4. The number of benzene rings is 1. The topological polar surface area (TPSA) is 94.2 Å². The molecule has 0 atom stereocenters. The summed E-state index contributed by atoms with van der Waals surface area (Å²) in [5.74, 6) is -0.859. The summed E-state index contributed by atoms with van der Waals surface area (Å²) in [4.78, 5) is 28.8. The molecule has 0 bridgehead atoms. The van der Waals surface area contributed by atoms with Gasteiger partial charge in [-0.25, -0.2) is 9.78 Å². The van der Waals surface area contributed by atoms with E-state index in [2.05, 4.69) is 11.1 Å². The van der Waals surface area contributed by atoms with Crippen LogP contribution >= 0.6 is 0 Å². The minimum absolute atomic E-state index is 0.142. The third-order valence-corrected chi connectivity index (χ3v) is 4.07. The van der Waals surface area contributed by atoms with Crippen molar-refractivity contribution in [1.29, 1.82) is 5.26 Å². The minimum Gasteiger partial charge on any atom is -0.480 e. The van der Waals surface area contributed by atoms with E-state index in [0.29, 0.717) is 18.5 Å². The van der Waals surface area contributed by atoms with Gasteiger partial charge >= 0.3 is 5.97 Å². The van der Waals surface area contributed by atoms with Gasteiger partial charge in [-0.15, -0.1) is 0 Å². The fourth-order valence-electron chi connectivity index (χ4n) is 2.82. The highest BCUT2D eigenvalue weighted by molar-refractivity contribution is 6.09. The number of methoxy groups -OCH3 is 1. The van der Waals surface area contributed by atoms with E-state index in [0.717, 1.165) is 10.9 Å². The zero-order valence-electron chi connectivity index (χ0n) is 14.7. The predicted molar refractivity (Wildman–Crippen MR) is 97.6 cm³/mol. The number of hydrogen-bond donors (Lipinski definition) is 0. The molecule has 0 unspecified atom stereocenters. The van der Waals surface area contributed by atoms with Gasteiger partial charge in [-0.3, -0.25) is 4.79 Å². The van der Waals surface area contributed by atoms with Crippen molar-refractivity contribution < 1.29 is 19.1 Å². The number of carbonyl (C=O) groups is 2. The number of carbonyl (C=O) groups excluding carboxylic acids is 2. The van der Waals surface area contributed by atoms with E-state index >= 15 is 0 Å². The van der Waals surface area contributed by atoms with Gasteiger partial charge in [0.2, 0.25) is 11.7 Å². The largest absolute Gasteiger partial charge is 0.480 e. The SMILES string of the molecule is COc1ncccc1C(=O)OCC(=O)c1cn(CCC#N)c2ccccc12. The lowest BCUT2D eigenvalue weighted by atomic mass is 10.1. The summed E-state index contributed by atoms with van der Waals surface area (Å²) in [6, 6.07) is 12.6. The zero-order valence-corrected chi connectivity index (χ0v) is 14.7. The number of esters is 1. The van der Waals surface area contributed by atoms with Crippen molar-refractivity contribution in [2.75, 3.05) is 13.7 Å². The average molecular weight is 363 g/mol. The quantitative estimate of drug-likeness (QED) is 0.473. The van der Waals surface area contributed by atoms with E-state index in [1.165, 1.54) is 19.4 Å². The average Bonchev–Trinajstić information content (AvgIpc) is 3.09. The molecule has 0 saturated heterocycles. The van der Waals surface area contributed by atoms with Crippen molar-refractivity contribution in [2.45, 2.75) is 13.0 Å². The second kappa shape index (κ2) is 8.15. The molecule has 3 rings (SSSR count). The second-order valence-electron chi connectivity index (χ2n) is 5.72. The van der Waals surface area contributed by atoms with Crippen LogP contribution in [-0.4, -0.2) is 35.0 Å². The van der Waals surface area contributed by atoms with Crippen LogP contribution in [0.5, 0.6) is 5.88 Å². The van der Waals surface area contributed by atoms with Crippen LogP contribution in [0.25, 0.3) is 10.9 Å². The number of hydrogen-bond acceptors (Lipinski definition) is 6. The molecule has 0 aliphatic carbocycles. The van der Waals surface area contributed by atoms with Crippen LogP contribution in [0.4, 0.5) is 0 Å². The summed E-state index contributed by atoms with van der Waals surface area (Å²) < 4.78 is 12.0. The van der Waals surface area contributed by atoms with Crippen LogP contribution in [0.3, 0.4) is 0 Å². The molecule has 0 spiro atoms. The number of para-hydroxylation sites is 1. The Morgan fingerprint density at radius 3 is 2.78 bits per heavy atom. The molecule has 7 heteroatoms. The molecular weight excluding hydrogens is 346 g/mol. The minimum atomic E-state index is -0.679. The first kappa shape index (κ1) is 18.1. The fourth-order valence-corrected chi connectivity index (χ4v) is 2.82. The molecule has 2 heterocycles. The number of ether oxygens (including phenoxy) is 2. The van der Waals surface area contributed by atoms with Gasteiger partial charge in [0.1, 0.15) is 5.56 Å². The van der Waals surface area contributed by atoms with Crippen molar-refractivity contribution >= 4 is 22.7 Å². The number of pyridine rings is 1. The summed E-state index contributed by atoms with van der Waals surface area (Å²) in [6.07, 6.45) is 3.53. The molecule has 0 aliphatic heterocycles. The number of nitriles is 1. The lowest BCUT2D eigenvalue weighted by Gasteiger charge is -2.07. The lowest BCUT2D eigenvalue weighted by molar-refractivity contribution is 0.0471. The van der Waals surface area contributed by atoms with Crippen molar-refractivity contribution in [2.24, 2.45) is 0 Å². The van der Waals surface area contributed by atoms with E-state index in [1.807, 2.05) is 28.8 Å². The van der Waals surface area contributed by atoms with Gasteiger partial charge in [0, 0.05) is 35.4 Å². The Hall–Kier alpha value is -3.66. The molecule has 0 saturated carbocycles. The van der Waals surface area contributed by atoms with Gasteiger partial charge in [-0.2, -0.15) is 5.26 Å². The third kappa shape index (κ3) is 3.80. The highest BCUT2D eigenvalue weighted by Gasteiger charge is 2.19. The van der Waals surface area contributed by atoms with E-state index < -0.39 is 12.6 Å². The van der Waals surface area contributed by atoms with E-state index in [-0.39, 0.29) is 17.2 Å². The Kier molecular flexibility index (Phi) is 5.47. The van der Waals surface area contributed by atoms with Crippen LogP contribution in [0.1, 0.15) is 27.1 Å². The molecule has 7 nitrogen and oxygen atoms in total. The van der Waals surface area contributed by atoms with Gasteiger partial charge in [0.15, 0.2) is 6.61 Å². The van der Waals surface area contributed by atoms with Gasteiger partial charge in [0.05, 0.1) is 19.6 Å². The first-order valence-corrected chi connectivity index (χ1v) is 8.30. The maximum Gasteiger partial charge on any atom is 0.344 e. The molecule has 1 aromatic carbocycles. The molecule has 0 amide bonds. The van der Waals surface area contributed by atoms with Crippen LogP contribution in [-0.2, 0) is 11.3 Å². The number of nitrogens with zero attached hydrogens (tertiary/aromatic N) is 3. The Morgan fingerprint density at radius 2 is 2.00 bits per heavy atom. The number of fused-ring (bicyclic) bond motifs is 1. The Morgan fingerprint density at radius 1 is 1.19 bits per heavy atom.